The van der Waals surface area contributed by atoms with Gasteiger partial charge in [0.05, 0.1) is 12.2 Å². The van der Waals surface area contributed by atoms with Gasteiger partial charge in [-0.3, -0.25) is 14.3 Å². The first kappa shape index (κ1) is 38.2. The zero-order valence-corrected chi connectivity index (χ0v) is 23.0. The van der Waals surface area contributed by atoms with E-state index in [4.69, 9.17) is 5.73 Å². The summed E-state index contributed by atoms with van der Waals surface area (Å²) in [5, 5.41) is 30.7. The van der Waals surface area contributed by atoms with Gasteiger partial charge in [0, 0.05) is 12.5 Å². The first-order valence-corrected chi connectivity index (χ1v) is 13.8. The topological polar surface area (TPSA) is 90.0 Å². The van der Waals surface area contributed by atoms with Crippen LogP contribution in [0.3, 0.4) is 0 Å². The van der Waals surface area contributed by atoms with Crippen molar-refractivity contribution in [2.45, 2.75) is 161 Å². The van der Waals surface area contributed by atoms with Gasteiger partial charge >= 0.3 is 0 Å². The minimum atomic E-state index is -1.15. The molecule has 0 aliphatic heterocycles. The van der Waals surface area contributed by atoms with Gasteiger partial charge in [-0.2, -0.15) is 0 Å². The lowest BCUT2D eigenvalue weighted by Crippen LogP contribution is -2.70. The summed E-state index contributed by atoms with van der Waals surface area (Å²) >= 11 is 0. The molecule has 0 heterocycles. The van der Waals surface area contributed by atoms with Crippen molar-refractivity contribution in [1.29, 1.82) is 0 Å². The molecule has 0 aromatic rings. The van der Waals surface area contributed by atoms with Gasteiger partial charge in [-0.25, -0.2) is 0 Å². The van der Waals surface area contributed by atoms with Crippen molar-refractivity contribution in [3.63, 3.8) is 0 Å². The smallest absolute Gasteiger partial charge is 0.106 e. The Morgan fingerprint density at radius 3 is 1.21 bits per heavy atom. The van der Waals surface area contributed by atoms with Gasteiger partial charge < -0.3 is 21.1 Å². The van der Waals surface area contributed by atoms with Crippen LogP contribution in [0, 0.1) is 5.92 Å². The molecule has 0 aromatic carbocycles. The molecule has 0 aliphatic rings. The predicted molar refractivity (Wildman–Crippen MR) is 142 cm³/mol. The monoisotopic (exact) mass is 498 g/mol. The van der Waals surface area contributed by atoms with Crippen LogP contribution in [0.25, 0.3) is 0 Å². The fraction of sp³-hybridized carbons (Fsp3) is 1.00. The maximum atomic E-state index is 10.4. The van der Waals surface area contributed by atoms with Crippen LogP contribution in [0.4, 0.5) is 9.41 Å². The number of halogens is 2. The van der Waals surface area contributed by atoms with E-state index in [2.05, 4.69) is 6.92 Å². The molecule has 0 spiro atoms. The fourth-order valence-electron chi connectivity index (χ4n) is 4.80. The average Bonchev–Trinajstić information content (AvgIpc) is 2.74. The molecule has 7 heteroatoms. The van der Waals surface area contributed by atoms with Crippen LogP contribution in [-0.2, 0) is 0 Å². The second-order valence-electron chi connectivity index (χ2n) is 10.2. The molecule has 0 aromatic heterocycles. The number of nitrogens with two attached hydrogens (primary N) is 1. The number of unbranched alkanes of at least 4 members (excludes halogenated alkanes) is 15. The summed E-state index contributed by atoms with van der Waals surface area (Å²) in [7, 11) is 0. The largest absolute Gasteiger partial charge is 0.393 e. The quantitative estimate of drug-likeness (QED) is 0.105. The summed E-state index contributed by atoms with van der Waals surface area (Å²) in [5.74, 6) is -0.363. The minimum absolute atomic E-state index is 0. The summed E-state index contributed by atoms with van der Waals surface area (Å²) < 4.78 is 0. The van der Waals surface area contributed by atoms with Crippen molar-refractivity contribution in [2.24, 2.45) is 11.7 Å². The molecule has 210 valence electrons. The Morgan fingerprint density at radius 2 is 0.941 bits per heavy atom. The Hall–Kier alpha value is -0.340. The normalized spacial score (nSPS) is 16.8. The van der Waals surface area contributed by atoms with Crippen LogP contribution in [0.15, 0.2) is 0 Å². The molecule has 5 unspecified atom stereocenters. The number of hydrogen-bond donors (Lipinski definition) is 4. The highest BCUT2D eigenvalue weighted by Gasteiger charge is 2.45. The number of aliphatic hydroxyl groups is 3. The second kappa shape index (κ2) is 23.1. The molecule has 0 saturated carbocycles. The molecule has 5 atom stereocenters. The van der Waals surface area contributed by atoms with Gasteiger partial charge in [-0.15, -0.1) is 0 Å². The van der Waals surface area contributed by atoms with E-state index in [0.29, 0.717) is 6.54 Å². The zero-order valence-electron chi connectivity index (χ0n) is 23.0. The van der Waals surface area contributed by atoms with Gasteiger partial charge in [-0.05, 0) is 27.2 Å². The van der Waals surface area contributed by atoms with Gasteiger partial charge in [0.2, 0.25) is 0 Å². The Morgan fingerprint density at radius 1 is 0.618 bits per heavy atom. The van der Waals surface area contributed by atoms with E-state index in [1.165, 1.54) is 89.9 Å². The summed E-state index contributed by atoms with van der Waals surface area (Å²) in [6, 6.07) is 0. The Balaban J connectivity index is -0.00000480. The SMILES string of the molecule is CCCCCCCCCCCCCCCCCCN(C(C)O)C(N)(C(C)O)C(C)C(C)O.F.F. The molecule has 0 radical (unpaired) electrons. The lowest BCUT2D eigenvalue weighted by molar-refractivity contribution is -0.144. The summed E-state index contributed by atoms with van der Waals surface area (Å²) in [5.41, 5.74) is 5.40. The third kappa shape index (κ3) is 15.6. The van der Waals surface area contributed by atoms with Crippen molar-refractivity contribution < 1.29 is 24.7 Å². The molecule has 0 aliphatic carbocycles. The van der Waals surface area contributed by atoms with Gasteiger partial charge in [0.1, 0.15) is 11.9 Å². The van der Waals surface area contributed by atoms with E-state index >= 15 is 0 Å². The molecule has 0 saturated heterocycles. The first-order valence-electron chi connectivity index (χ1n) is 13.8. The van der Waals surface area contributed by atoms with E-state index in [1.807, 2.05) is 6.92 Å². The van der Waals surface area contributed by atoms with Crippen molar-refractivity contribution in [3.05, 3.63) is 0 Å². The van der Waals surface area contributed by atoms with Crippen molar-refractivity contribution >= 4 is 0 Å². The van der Waals surface area contributed by atoms with E-state index in [-0.39, 0.29) is 15.3 Å². The lowest BCUT2D eigenvalue weighted by atomic mass is 9.84. The summed E-state index contributed by atoms with van der Waals surface area (Å²) in [6.07, 6.45) is 18.8. The fourth-order valence-corrected chi connectivity index (χ4v) is 4.80. The average molecular weight is 499 g/mol. The van der Waals surface area contributed by atoms with Crippen molar-refractivity contribution in [1.82, 2.24) is 4.90 Å². The van der Waals surface area contributed by atoms with Gasteiger partial charge in [0.15, 0.2) is 0 Å². The van der Waals surface area contributed by atoms with Crippen LogP contribution in [0.5, 0.6) is 0 Å². The number of rotatable bonds is 22. The van der Waals surface area contributed by atoms with E-state index < -0.39 is 24.1 Å². The highest BCUT2D eigenvalue weighted by molar-refractivity contribution is 4.96. The predicted octanol–water partition coefficient (Wildman–Crippen LogP) is 6.25. The van der Waals surface area contributed by atoms with E-state index in [0.717, 1.165) is 12.8 Å². The maximum absolute atomic E-state index is 10.4. The molecule has 5 N–H and O–H groups in total. The van der Waals surface area contributed by atoms with Crippen LogP contribution >= 0.6 is 0 Å². The molecule has 0 amide bonds. The number of aliphatic hydroxyl groups excluding tert-OH is 3. The molecule has 0 fully saturated rings. The Bertz CT molecular complexity index is 429. The summed E-state index contributed by atoms with van der Waals surface area (Å²) in [6.45, 7) is 9.74. The Kier molecular flexibility index (Phi) is 25.9. The number of hydrogen-bond acceptors (Lipinski definition) is 5. The zero-order chi connectivity index (χ0) is 24.4. The molecular weight excluding hydrogens is 438 g/mol. The first-order chi connectivity index (χ1) is 15.2. The van der Waals surface area contributed by atoms with E-state index in [1.54, 1.807) is 25.7 Å². The van der Waals surface area contributed by atoms with Crippen molar-refractivity contribution in [3.8, 4) is 0 Å². The molecule has 0 bridgehead atoms. The maximum Gasteiger partial charge on any atom is 0.106 e. The highest BCUT2D eigenvalue weighted by Crippen LogP contribution is 2.28. The lowest BCUT2D eigenvalue weighted by Gasteiger charge is -2.49. The molecular formula is C27H60F2N2O3. The van der Waals surface area contributed by atoms with Gasteiger partial charge in [-0.1, -0.05) is 110 Å². The third-order valence-corrected chi connectivity index (χ3v) is 7.32. The standard InChI is InChI=1S/C27H58N2O3.2FH/c1-6-7-8-9-10-11-12-13-14-15-16-17-18-19-20-21-22-29(26(5)32)27(28,25(4)31)23(2)24(3)30;;/h23-26,30-32H,6-22,28H2,1-5H3;2*1H. The van der Waals surface area contributed by atoms with Crippen LogP contribution in [-0.4, -0.2) is 50.9 Å². The third-order valence-electron chi connectivity index (χ3n) is 7.32. The molecule has 0 rings (SSSR count). The Labute approximate surface area is 209 Å². The van der Waals surface area contributed by atoms with Crippen molar-refractivity contribution in [2.75, 3.05) is 6.54 Å². The molecule has 34 heavy (non-hydrogen) atoms. The van der Waals surface area contributed by atoms with E-state index in [9.17, 15) is 15.3 Å². The highest BCUT2D eigenvalue weighted by atomic mass is 19.0. The van der Waals surface area contributed by atoms with Crippen LogP contribution in [0.2, 0.25) is 0 Å². The van der Waals surface area contributed by atoms with Crippen LogP contribution < -0.4 is 5.73 Å². The summed E-state index contributed by atoms with van der Waals surface area (Å²) in [4.78, 5) is 1.76. The number of nitrogens with zero attached hydrogens (tertiary/aromatic N) is 1. The minimum Gasteiger partial charge on any atom is -0.393 e. The second-order valence-corrected chi connectivity index (χ2v) is 10.2. The van der Waals surface area contributed by atoms with Gasteiger partial charge in [0.25, 0.3) is 0 Å². The van der Waals surface area contributed by atoms with Crippen LogP contribution in [0.1, 0.15) is 137 Å². The molecule has 5 nitrogen and oxygen atoms in total.